The molecule has 0 aliphatic carbocycles. The van der Waals surface area contributed by atoms with E-state index in [4.69, 9.17) is 32.7 Å². The number of carbonyl (C=O) groups is 1. The molecule has 0 aromatic heterocycles. The fourth-order valence-corrected chi connectivity index (χ4v) is 3.58. The van der Waals surface area contributed by atoms with Gasteiger partial charge in [0.1, 0.15) is 18.2 Å². The highest BCUT2D eigenvalue weighted by Gasteiger charge is 2.15. The standard InChI is InChI=1S/C24H17BrCl2N2O3/c1-31-22-11-16(9-17(13-28)24(30)29-20-4-2-3-18(25)12-20)10-21(27)23(22)32-14-15-5-7-19(26)8-6-15/h2-12H,14H2,1H3,(H,29,30)/b17-9-. The summed E-state index contributed by atoms with van der Waals surface area (Å²) in [4.78, 5) is 12.5. The molecule has 0 atom stereocenters. The largest absolute Gasteiger partial charge is 0.493 e. The molecule has 162 valence electrons. The van der Waals surface area contributed by atoms with E-state index in [1.165, 1.54) is 13.2 Å². The quantitative estimate of drug-likeness (QED) is 0.266. The van der Waals surface area contributed by atoms with Crippen molar-refractivity contribution >= 4 is 56.8 Å². The lowest BCUT2D eigenvalue weighted by Gasteiger charge is -2.14. The molecule has 1 N–H and O–H groups in total. The van der Waals surface area contributed by atoms with Crippen molar-refractivity contribution in [2.45, 2.75) is 6.61 Å². The summed E-state index contributed by atoms with van der Waals surface area (Å²) < 4.78 is 12.1. The average Bonchev–Trinajstić information content (AvgIpc) is 2.77. The number of anilines is 1. The first-order valence-corrected chi connectivity index (χ1v) is 10.9. The molecule has 0 heterocycles. The molecular weight excluding hydrogens is 515 g/mol. The summed E-state index contributed by atoms with van der Waals surface area (Å²) in [5.41, 5.74) is 1.91. The van der Waals surface area contributed by atoms with E-state index in [1.54, 1.807) is 42.5 Å². The summed E-state index contributed by atoms with van der Waals surface area (Å²) in [7, 11) is 1.49. The van der Waals surface area contributed by atoms with E-state index >= 15 is 0 Å². The minimum atomic E-state index is -0.538. The number of benzene rings is 3. The Morgan fingerprint density at radius 3 is 2.56 bits per heavy atom. The van der Waals surface area contributed by atoms with Crippen LogP contribution in [0.1, 0.15) is 11.1 Å². The number of methoxy groups -OCH3 is 1. The van der Waals surface area contributed by atoms with Gasteiger partial charge in [-0.15, -0.1) is 0 Å². The molecule has 0 bridgehead atoms. The fourth-order valence-electron chi connectivity index (χ4n) is 2.78. The van der Waals surface area contributed by atoms with E-state index in [0.29, 0.717) is 27.8 Å². The third kappa shape index (κ3) is 6.27. The van der Waals surface area contributed by atoms with Gasteiger partial charge < -0.3 is 14.8 Å². The topological polar surface area (TPSA) is 71.3 Å². The van der Waals surface area contributed by atoms with E-state index in [9.17, 15) is 10.1 Å². The number of carbonyl (C=O) groups excluding carboxylic acids is 1. The molecule has 5 nitrogen and oxygen atoms in total. The Hall–Kier alpha value is -2.98. The van der Waals surface area contributed by atoms with Crippen LogP contribution in [0.25, 0.3) is 6.08 Å². The zero-order chi connectivity index (χ0) is 23.1. The Bertz CT molecular complexity index is 1200. The number of hydrogen-bond donors (Lipinski definition) is 1. The van der Waals surface area contributed by atoms with Crippen molar-refractivity contribution in [3.63, 3.8) is 0 Å². The Morgan fingerprint density at radius 1 is 1.16 bits per heavy atom. The lowest BCUT2D eigenvalue weighted by atomic mass is 10.1. The lowest BCUT2D eigenvalue weighted by molar-refractivity contribution is -0.112. The lowest BCUT2D eigenvalue weighted by Crippen LogP contribution is -2.13. The highest BCUT2D eigenvalue weighted by molar-refractivity contribution is 9.10. The fraction of sp³-hybridized carbons (Fsp3) is 0.0833. The van der Waals surface area contributed by atoms with Crippen molar-refractivity contribution in [3.05, 3.63) is 91.9 Å². The van der Waals surface area contributed by atoms with Gasteiger partial charge in [0.15, 0.2) is 11.5 Å². The zero-order valence-electron chi connectivity index (χ0n) is 16.9. The molecule has 0 spiro atoms. The second-order valence-corrected chi connectivity index (χ2v) is 8.34. The van der Waals surface area contributed by atoms with Crippen molar-refractivity contribution in [1.82, 2.24) is 0 Å². The number of nitrogens with zero attached hydrogens (tertiary/aromatic N) is 1. The van der Waals surface area contributed by atoms with Crippen LogP contribution in [-0.4, -0.2) is 13.0 Å². The van der Waals surface area contributed by atoms with Crippen LogP contribution in [0.5, 0.6) is 11.5 Å². The Balaban J connectivity index is 1.81. The number of ether oxygens (including phenoxy) is 2. The molecule has 0 fully saturated rings. The smallest absolute Gasteiger partial charge is 0.266 e. The second kappa shape index (κ2) is 11.1. The molecule has 0 aliphatic rings. The van der Waals surface area contributed by atoms with Gasteiger partial charge in [0.05, 0.1) is 12.1 Å². The normalized spacial score (nSPS) is 10.9. The van der Waals surface area contributed by atoms with Crippen molar-refractivity contribution < 1.29 is 14.3 Å². The molecule has 0 saturated carbocycles. The van der Waals surface area contributed by atoms with Gasteiger partial charge in [0.2, 0.25) is 0 Å². The van der Waals surface area contributed by atoms with Crippen LogP contribution in [0.15, 0.2) is 70.7 Å². The molecule has 32 heavy (non-hydrogen) atoms. The Labute approximate surface area is 204 Å². The van der Waals surface area contributed by atoms with Crippen LogP contribution in [0.3, 0.4) is 0 Å². The van der Waals surface area contributed by atoms with Gasteiger partial charge in [-0.3, -0.25) is 4.79 Å². The number of nitrogens with one attached hydrogen (secondary N) is 1. The molecule has 3 aromatic carbocycles. The van der Waals surface area contributed by atoms with Crippen molar-refractivity contribution in [2.75, 3.05) is 12.4 Å². The van der Waals surface area contributed by atoms with E-state index in [0.717, 1.165) is 10.0 Å². The van der Waals surface area contributed by atoms with Gasteiger partial charge in [0, 0.05) is 15.2 Å². The second-order valence-electron chi connectivity index (χ2n) is 6.58. The first-order valence-electron chi connectivity index (χ1n) is 9.33. The number of halogens is 3. The van der Waals surface area contributed by atoms with E-state index < -0.39 is 5.91 Å². The molecule has 8 heteroatoms. The van der Waals surface area contributed by atoms with Gasteiger partial charge in [0.25, 0.3) is 5.91 Å². The highest BCUT2D eigenvalue weighted by Crippen LogP contribution is 2.37. The van der Waals surface area contributed by atoms with E-state index in [2.05, 4.69) is 21.2 Å². The first-order chi connectivity index (χ1) is 15.4. The van der Waals surface area contributed by atoms with Crippen molar-refractivity contribution in [2.24, 2.45) is 0 Å². The predicted octanol–water partition coefficient (Wildman–Crippen LogP) is 6.89. The molecule has 1 amide bonds. The predicted molar refractivity (Wildman–Crippen MR) is 130 cm³/mol. The third-order valence-electron chi connectivity index (χ3n) is 4.31. The molecule has 3 aromatic rings. The van der Waals surface area contributed by atoms with Crippen molar-refractivity contribution in [1.29, 1.82) is 5.26 Å². The van der Waals surface area contributed by atoms with Crippen LogP contribution in [0.2, 0.25) is 10.0 Å². The summed E-state index contributed by atoms with van der Waals surface area (Å²) in [5.74, 6) is 0.199. The van der Waals surface area contributed by atoms with Crippen LogP contribution >= 0.6 is 39.1 Å². The number of hydrogen-bond acceptors (Lipinski definition) is 4. The monoisotopic (exact) mass is 530 g/mol. The van der Waals surface area contributed by atoms with Crippen LogP contribution in [0, 0.1) is 11.3 Å². The van der Waals surface area contributed by atoms with Gasteiger partial charge in [-0.05, 0) is 59.7 Å². The molecule has 0 saturated heterocycles. The third-order valence-corrected chi connectivity index (χ3v) is 5.33. The van der Waals surface area contributed by atoms with Crippen LogP contribution in [0.4, 0.5) is 5.69 Å². The number of rotatable bonds is 7. The maximum Gasteiger partial charge on any atom is 0.266 e. The van der Waals surface area contributed by atoms with Gasteiger partial charge >= 0.3 is 0 Å². The number of amides is 1. The van der Waals surface area contributed by atoms with Gasteiger partial charge in [-0.2, -0.15) is 5.26 Å². The molecule has 3 rings (SSSR count). The summed E-state index contributed by atoms with van der Waals surface area (Å²) >= 11 is 15.7. The molecule has 0 aliphatic heterocycles. The zero-order valence-corrected chi connectivity index (χ0v) is 20.0. The minimum absolute atomic E-state index is 0.0853. The van der Waals surface area contributed by atoms with Gasteiger partial charge in [-0.1, -0.05) is 57.3 Å². The summed E-state index contributed by atoms with van der Waals surface area (Å²) in [5, 5.41) is 13.1. The Kier molecular flexibility index (Phi) is 8.18. The van der Waals surface area contributed by atoms with Gasteiger partial charge in [-0.25, -0.2) is 0 Å². The van der Waals surface area contributed by atoms with E-state index in [1.807, 2.05) is 24.3 Å². The van der Waals surface area contributed by atoms with Crippen molar-refractivity contribution in [3.8, 4) is 17.6 Å². The van der Waals surface area contributed by atoms with Crippen LogP contribution in [-0.2, 0) is 11.4 Å². The summed E-state index contributed by atoms with van der Waals surface area (Å²) in [6, 6.07) is 19.5. The number of nitriles is 1. The maximum absolute atomic E-state index is 12.5. The highest BCUT2D eigenvalue weighted by atomic mass is 79.9. The molecular formula is C24H17BrCl2N2O3. The first kappa shape index (κ1) is 23.7. The maximum atomic E-state index is 12.5. The summed E-state index contributed by atoms with van der Waals surface area (Å²) in [6.45, 7) is 0.265. The SMILES string of the molecule is COc1cc(/C=C(/C#N)C(=O)Nc2cccc(Br)c2)cc(Cl)c1OCc1ccc(Cl)cc1. The minimum Gasteiger partial charge on any atom is -0.493 e. The Morgan fingerprint density at radius 2 is 1.91 bits per heavy atom. The van der Waals surface area contributed by atoms with Crippen LogP contribution < -0.4 is 14.8 Å². The molecule has 0 radical (unpaired) electrons. The van der Waals surface area contributed by atoms with E-state index in [-0.39, 0.29) is 17.2 Å². The summed E-state index contributed by atoms with van der Waals surface area (Å²) in [6.07, 6.45) is 1.44. The molecule has 0 unspecified atom stereocenters. The average molecular weight is 532 g/mol.